The second kappa shape index (κ2) is 7.43. The van der Waals surface area contributed by atoms with Gasteiger partial charge in [-0.05, 0) is 21.8 Å². The zero-order chi connectivity index (χ0) is 20.6. The predicted octanol–water partition coefficient (Wildman–Crippen LogP) is 1.66. The van der Waals surface area contributed by atoms with Gasteiger partial charge in [-0.15, -0.1) is 0 Å². The Morgan fingerprint density at radius 3 is 2.03 bits per heavy atom. The first-order valence-corrected chi connectivity index (χ1v) is 12.1. The molecule has 2 fully saturated rings. The van der Waals surface area contributed by atoms with Crippen molar-refractivity contribution < 1.29 is 14.0 Å². The Balaban J connectivity index is 1.83. The molecule has 4 rings (SSSR count). The maximum absolute atomic E-state index is 12.7. The summed E-state index contributed by atoms with van der Waals surface area (Å²) < 4.78 is 7.11. The van der Waals surface area contributed by atoms with E-state index in [4.69, 9.17) is 4.43 Å². The van der Waals surface area contributed by atoms with Crippen molar-refractivity contribution in [2.24, 2.45) is 0 Å². The third kappa shape index (κ3) is 3.30. The minimum atomic E-state index is -2.76. The van der Waals surface area contributed by atoms with Gasteiger partial charge in [0.1, 0.15) is 6.04 Å². The van der Waals surface area contributed by atoms with Crippen molar-refractivity contribution >= 4 is 30.5 Å². The summed E-state index contributed by atoms with van der Waals surface area (Å²) in [6.45, 7) is 7.31. The van der Waals surface area contributed by atoms with E-state index in [1.165, 1.54) is 10.4 Å². The predicted molar refractivity (Wildman–Crippen MR) is 116 cm³/mol. The monoisotopic (exact) mass is 408 g/mol. The van der Waals surface area contributed by atoms with E-state index < -0.39 is 14.4 Å². The molecule has 0 unspecified atom stereocenters. The summed E-state index contributed by atoms with van der Waals surface area (Å²) in [6, 6.07) is 20.2. The number of benzene rings is 2. The molecule has 0 spiro atoms. The summed E-state index contributed by atoms with van der Waals surface area (Å²) in [5, 5.41) is 4.93. The summed E-state index contributed by atoms with van der Waals surface area (Å²) in [7, 11) is -2.76. The largest absolute Gasteiger partial charge is 0.402 e. The van der Waals surface area contributed by atoms with Crippen molar-refractivity contribution in [1.29, 1.82) is 0 Å². The number of hydrogen-bond acceptors (Lipinski definition) is 3. The van der Waals surface area contributed by atoms with Crippen LogP contribution in [0.4, 0.5) is 0 Å². The Labute approximate surface area is 173 Å². The van der Waals surface area contributed by atoms with Gasteiger partial charge in [-0.2, -0.15) is 0 Å². The van der Waals surface area contributed by atoms with Crippen LogP contribution >= 0.6 is 0 Å². The van der Waals surface area contributed by atoms with Gasteiger partial charge in [-0.25, -0.2) is 0 Å². The lowest BCUT2D eigenvalue weighted by Crippen LogP contribution is -2.69. The number of piperazine rings is 1. The van der Waals surface area contributed by atoms with Gasteiger partial charge in [0.25, 0.3) is 8.32 Å². The van der Waals surface area contributed by atoms with Gasteiger partial charge in [0, 0.05) is 6.54 Å². The van der Waals surface area contributed by atoms with Crippen molar-refractivity contribution in [3.8, 4) is 0 Å². The first-order valence-electron chi connectivity index (χ1n) is 10.2. The van der Waals surface area contributed by atoms with Crippen LogP contribution in [-0.2, 0) is 14.0 Å². The number of nitrogens with one attached hydrogen (secondary N) is 1. The van der Waals surface area contributed by atoms with E-state index in [9.17, 15) is 9.59 Å². The summed E-state index contributed by atoms with van der Waals surface area (Å²) in [6.07, 6.45) is 0.361. The molecule has 0 saturated carbocycles. The molecule has 2 saturated heterocycles. The molecular weight excluding hydrogens is 380 g/mol. The zero-order valence-corrected chi connectivity index (χ0v) is 18.2. The Bertz CT molecular complexity index is 856. The Morgan fingerprint density at radius 1 is 0.966 bits per heavy atom. The van der Waals surface area contributed by atoms with Crippen LogP contribution in [-0.4, -0.2) is 50.3 Å². The number of rotatable bonds is 4. The van der Waals surface area contributed by atoms with Crippen LogP contribution in [0.5, 0.6) is 0 Å². The quantitative estimate of drug-likeness (QED) is 0.783. The Morgan fingerprint density at radius 2 is 1.52 bits per heavy atom. The lowest BCUT2D eigenvalue weighted by Gasteiger charge is -2.45. The molecule has 2 heterocycles. The molecule has 2 aromatic rings. The molecule has 2 atom stereocenters. The average Bonchev–Trinajstić information content (AvgIpc) is 3.14. The number of hydrogen-bond donors (Lipinski definition) is 1. The molecule has 5 nitrogen and oxygen atoms in total. The Hall–Kier alpha value is -2.44. The highest BCUT2D eigenvalue weighted by Gasteiger charge is 2.55. The number of nitrogens with zero attached hydrogens (tertiary/aromatic N) is 1. The molecule has 2 aliphatic heterocycles. The summed E-state index contributed by atoms with van der Waals surface area (Å²) in [5.74, 6) is -0.131. The second-order valence-corrected chi connectivity index (χ2v) is 13.1. The molecule has 2 aromatic carbocycles. The fourth-order valence-corrected chi connectivity index (χ4v) is 9.48. The molecule has 29 heavy (non-hydrogen) atoms. The van der Waals surface area contributed by atoms with Crippen molar-refractivity contribution in [1.82, 2.24) is 10.2 Å². The minimum Gasteiger partial charge on any atom is -0.402 e. The van der Waals surface area contributed by atoms with Gasteiger partial charge >= 0.3 is 0 Å². The second-order valence-electron chi connectivity index (χ2n) is 8.86. The van der Waals surface area contributed by atoms with Crippen molar-refractivity contribution in [2.45, 2.75) is 44.4 Å². The summed E-state index contributed by atoms with van der Waals surface area (Å²) in [4.78, 5) is 26.7. The number of carbonyl (C=O) groups excluding carboxylic acids is 2. The highest BCUT2D eigenvalue weighted by atomic mass is 28.4. The zero-order valence-electron chi connectivity index (χ0n) is 17.2. The molecule has 0 aromatic heterocycles. The number of amides is 2. The van der Waals surface area contributed by atoms with Crippen LogP contribution in [0.3, 0.4) is 0 Å². The highest BCUT2D eigenvalue weighted by Crippen LogP contribution is 2.39. The summed E-state index contributed by atoms with van der Waals surface area (Å²) in [5.41, 5.74) is 0. The van der Waals surface area contributed by atoms with Crippen LogP contribution < -0.4 is 15.7 Å². The maximum atomic E-state index is 12.7. The lowest BCUT2D eigenvalue weighted by atomic mass is 10.1. The number of carbonyl (C=O) groups is 2. The first-order chi connectivity index (χ1) is 13.8. The topological polar surface area (TPSA) is 58.6 Å². The van der Waals surface area contributed by atoms with Gasteiger partial charge in [-0.1, -0.05) is 81.4 Å². The van der Waals surface area contributed by atoms with Gasteiger partial charge in [0.05, 0.1) is 12.6 Å². The van der Waals surface area contributed by atoms with Gasteiger partial charge in [0.15, 0.2) is 0 Å². The standard InChI is InChI=1S/C23H28N2O3Si/c1-23(2,3)29(17-10-6-4-7-11-17,18-12-8-5-9-13-18)28-19-14-15-25-20(26)16-24-22(27)21(19)25/h4-13,19,21H,14-16H2,1-3H3,(H,24,27)/t19-,21-/m0/s1. The van der Waals surface area contributed by atoms with Crippen LogP contribution in [0.15, 0.2) is 60.7 Å². The van der Waals surface area contributed by atoms with Crippen LogP contribution in [0.1, 0.15) is 27.2 Å². The molecule has 2 amide bonds. The van der Waals surface area contributed by atoms with Gasteiger partial charge in [0.2, 0.25) is 11.8 Å². The van der Waals surface area contributed by atoms with Crippen LogP contribution in [0.25, 0.3) is 0 Å². The van der Waals surface area contributed by atoms with Gasteiger partial charge in [-0.3, -0.25) is 9.59 Å². The molecule has 152 valence electrons. The molecule has 2 aliphatic rings. The molecule has 1 N–H and O–H groups in total. The molecule has 0 aliphatic carbocycles. The van der Waals surface area contributed by atoms with E-state index in [2.05, 4.69) is 50.4 Å². The van der Waals surface area contributed by atoms with Crippen molar-refractivity contribution in [3.05, 3.63) is 60.7 Å². The van der Waals surface area contributed by atoms with E-state index in [0.29, 0.717) is 13.0 Å². The van der Waals surface area contributed by atoms with Gasteiger partial charge < -0.3 is 14.6 Å². The molecule has 0 radical (unpaired) electrons. The third-order valence-corrected chi connectivity index (χ3v) is 11.2. The smallest absolute Gasteiger partial charge is 0.261 e. The van der Waals surface area contributed by atoms with E-state index in [0.717, 1.165) is 0 Å². The fourth-order valence-electron chi connectivity index (χ4n) is 4.76. The minimum absolute atomic E-state index is 0.0249. The SMILES string of the molecule is CC(C)(C)[Si](O[C@H]1CCN2C(=O)CNC(=O)[C@H]12)(c1ccccc1)c1ccccc1. The van der Waals surface area contributed by atoms with Crippen molar-refractivity contribution in [3.63, 3.8) is 0 Å². The lowest BCUT2D eigenvalue weighted by molar-refractivity contribution is -0.145. The van der Waals surface area contributed by atoms with E-state index in [1.54, 1.807) is 4.90 Å². The van der Waals surface area contributed by atoms with E-state index in [1.807, 2.05) is 36.4 Å². The van der Waals surface area contributed by atoms with E-state index in [-0.39, 0.29) is 29.5 Å². The molecule has 6 heteroatoms. The fraction of sp³-hybridized carbons (Fsp3) is 0.391. The first kappa shape index (κ1) is 19.9. The highest BCUT2D eigenvalue weighted by molar-refractivity contribution is 6.99. The Kier molecular flexibility index (Phi) is 5.08. The van der Waals surface area contributed by atoms with Crippen molar-refractivity contribution in [2.75, 3.05) is 13.1 Å². The molecule has 0 bridgehead atoms. The molecular formula is C23H28N2O3Si. The summed E-state index contributed by atoms with van der Waals surface area (Å²) >= 11 is 0. The maximum Gasteiger partial charge on any atom is 0.261 e. The third-order valence-electron chi connectivity index (χ3n) is 6.09. The van der Waals surface area contributed by atoms with E-state index >= 15 is 0 Å². The van der Waals surface area contributed by atoms with Crippen LogP contribution in [0, 0.1) is 0 Å². The van der Waals surface area contributed by atoms with Crippen LogP contribution in [0.2, 0.25) is 5.04 Å². The normalized spacial score (nSPS) is 22.4. The average molecular weight is 409 g/mol. The number of fused-ring (bicyclic) bond motifs is 1.